The van der Waals surface area contributed by atoms with Crippen LogP contribution in [0.4, 0.5) is 5.88 Å². The lowest BCUT2D eigenvalue weighted by atomic mass is 10.1. The Morgan fingerprint density at radius 3 is 2.43 bits per heavy atom. The zero-order chi connectivity index (χ0) is 22.3. The quantitative estimate of drug-likeness (QED) is 0.499. The fourth-order valence-corrected chi connectivity index (χ4v) is 2.60. The Hall–Kier alpha value is -3.88. The highest BCUT2D eigenvalue weighted by Crippen LogP contribution is 2.27. The van der Waals surface area contributed by atoms with E-state index < -0.39 is 30.4 Å². The van der Waals surface area contributed by atoms with Crippen LogP contribution in [0.25, 0.3) is 6.08 Å². The number of aryl methyl sites for hydroxylation is 2. The molecule has 0 bridgehead atoms. The van der Waals surface area contributed by atoms with Gasteiger partial charge in [0, 0.05) is 6.08 Å². The predicted octanol–water partition coefficient (Wildman–Crippen LogP) is 2.37. The summed E-state index contributed by atoms with van der Waals surface area (Å²) in [6.07, 6.45) is 2.77. The smallest absolute Gasteiger partial charge is 0.342 e. The summed E-state index contributed by atoms with van der Waals surface area (Å²) in [7, 11) is 0. The van der Waals surface area contributed by atoms with Gasteiger partial charge in [-0.2, -0.15) is 0 Å². The normalized spacial score (nSPS) is 10.6. The Labute approximate surface area is 172 Å². The Morgan fingerprint density at radius 1 is 1.10 bits per heavy atom. The molecule has 0 saturated carbocycles. The van der Waals surface area contributed by atoms with E-state index in [0.29, 0.717) is 0 Å². The van der Waals surface area contributed by atoms with Gasteiger partial charge in [0.05, 0.1) is 6.61 Å². The lowest BCUT2D eigenvalue weighted by Crippen LogP contribution is -2.23. The van der Waals surface area contributed by atoms with Crippen molar-refractivity contribution < 1.29 is 33.1 Å². The Kier molecular flexibility index (Phi) is 7.51. The number of hydrogen-bond donors (Lipinski definition) is 2. The van der Waals surface area contributed by atoms with Crippen molar-refractivity contribution in [2.24, 2.45) is 5.73 Å². The van der Waals surface area contributed by atoms with Gasteiger partial charge in [-0.25, -0.2) is 9.59 Å². The highest BCUT2D eigenvalue weighted by atomic mass is 16.5. The highest BCUT2D eigenvalue weighted by molar-refractivity contribution is 6.10. The molecule has 0 saturated heterocycles. The molecule has 2 amide bonds. The van der Waals surface area contributed by atoms with E-state index in [9.17, 15) is 19.2 Å². The van der Waals surface area contributed by atoms with E-state index in [1.54, 1.807) is 13.0 Å². The van der Waals surface area contributed by atoms with Crippen molar-refractivity contribution in [3.8, 4) is 0 Å². The standard InChI is InChI=1S/C21H22N2O7/c1-4-28-21(27)17-13(3)30-20(18(17)19(22)26)23-15(24)11-29-16(25)10-9-14-8-6-5-7-12(14)2/h5-10H,4,11H2,1-3H3,(H2,22,26)(H,23,24)/b10-9+. The number of rotatable bonds is 8. The van der Waals surface area contributed by atoms with Gasteiger partial charge in [-0.15, -0.1) is 0 Å². The molecule has 1 aromatic heterocycles. The van der Waals surface area contributed by atoms with Crippen LogP contribution in [0, 0.1) is 13.8 Å². The van der Waals surface area contributed by atoms with Gasteiger partial charge in [0.1, 0.15) is 16.9 Å². The first-order valence-corrected chi connectivity index (χ1v) is 9.05. The molecule has 0 spiro atoms. The average molecular weight is 414 g/mol. The van der Waals surface area contributed by atoms with Crippen molar-refractivity contribution in [3.63, 3.8) is 0 Å². The molecule has 2 aromatic rings. The minimum Gasteiger partial charge on any atom is -0.462 e. The van der Waals surface area contributed by atoms with E-state index in [-0.39, 0.29) is 29.4 Å². The highest BCUT2D eigenvalue weighted by Gasteiger charge is 2.29. The van der Waals surface area contributed by atoms with Crippen molar-refractivity contribution in [2.75, 3.05) is 18.5 Å². The van der Waals surface area contributed by atoms with Crippen molar-refractivity contribution in [1.82, 2.24) is 0 Å². The molecule has 0 atom stereocenters. The van der Waals surface area contributed by atoms with Crippen LogP contribution in [0.2, 0.25) is 0 Å². The molecule has 1 heterocycles. The van der Waals surface area contributed by atoms with Gasteiger partial charge in [0.15, 0.2) is 6.61 Å². The molecule has 0 aliphatic rings. The summed E-state index contributed by atoms with van der Waals surface area (Å²) in [6, 6.07) is 7.43. The zero-order valence-electron chi connectivity index (χ0n) is 16.8. The van der Waals surface area contributed by atoms with Crippen molar-refractivity contribution >= 4 is 35.7 Å². The Bertz CT molecular complexity index is 1000. The second kappa shape index (κ2) is 10.1. The Morgan fingerprint density at radius 2 is 1.80 bits per heavy atom. The second-order valence-electron chi connectivity index (χ2n) is 6.17. The number of primary amides is 1. The maximum absolute atomic E-state index is 12.1. The van der Waals surface area contributed by atoms with Gasteiger partial charge in [0.25, 0.3) is 11.8 Å². The van der Waals surface area contributed by atoms with Crippen LogP contribution in [0.15, 0.2) is 34.8 Å². The topological polar surface area (TPSA) is 138 Å². The number of esters is 2. The summed E-state index contributed by atoms with van der Waals surface area (Å²) in [5.41, 5.74) is 6.64. The minimum absolute atomic E-state index is 0.0516. The third kappa shape index (κ3) is 5.57. The first-order chi connectivity index (χ1) is 14.2. The number of hydrogen-bond acceptors (Lipinski definition) is 7. The van der Waals surface area contributed by atoms with E-state index in [0.717, 1.165) is 11.1 Å². The van der Waals surface area contributed by atoms with E-state index in [4.69, 9.17) is 19.6 Å². The van der Waals surface area contributed by atoms with E-state index in [1.807, 2.05) is 31.2 Å². The van der Waals surface area contributed by atoms with Gasteiger partial charge in [0.2, 0.25) is 5.88 Å². The lowest BCUT2D eigenvalue weighted by Gasteiger charge is -2.05. The molecule has 158 valence electrons. The van der Waals surface area contributed by atoms with Crippen molar-refractivity contribution in [3.05, 3.63) is 58.4 Å². The molecule has 30 heavy (non-hydrogen) atoms. The number of nitrogens with one attached hydrogen (secondary N) is 1. The first-order valence-electron chi connectivity index (χ1n) is 9.05. The molecule has 0 radical (unpaired) electrons. The Balaban J connectivity index is 2.03. The molecule has 0 aliphatic carbocycles. The van der Waals surface area contributed by atoms with Crippen LogP contribution < -0.4 is 11.1 Å². The maximum Gasteiger partial charge on any atom is 0.342 e. The third-order valence-electron chi connectivity index (χ3n) is 4.00. The zero-order valence-corrected chi connectivity index (χ0v) is 16.8. The summed E-state index contributed by atoms with van der Waals surface area (Å²) in [6.45, 7) is 4.36. The number of carbonyl (C=O) groups is 4. The van der Waals surface area contributed by atoms with Crippen LogP contribution in [-0.4, -0.2) is 37.0 Å². The summed E-state index contributed by atoms with van der Waals surface area (Å²) < 4.78 is 15.0. The SMILES string of the molecule is CCOC(=O)c1c(C)oc(NC(=O)COC(=O)/C=C/c2ccccc2C)c1C(N)=O. The van der Waals surface area contributed by atoms with Gasteiger partial charge in [-0.3, -0.25) is 14.9 Å². The minimum atomic E-state index is -0.983. The van der Waals surface area contributed by atoms with Crippen molar-refractivity contribution in [1.29, 1.82) is 0 Å². The fourth-order valence-electron chi connectivity index (χ4n) is 2.60. The molecule has 1 aromatic carbocycles. The third-order valence-corrected chi connectivity index (χ3v) is 4.00. The van der Waals surface area contributed by atoms with Crippen LogP contribution in [0.3, 0.4) is 0 Å². The number of amides is 2. The molecule has 0 fully saturated rings. The maximum atomic E-state index is 12.1. The molecule has 3 N–H and O–H groups in total. The summed E-state index contributed by atoms with van der Waals surface area (Å²) >= 11 is 0. The van der Waals surface area contributed by atoms with Gasteiger partial charge >= 0.3 is 11.9 Å². The van der Waals surface area contributed by atoms with Crippen LogP contribution in [0.5, 0.6) is 0 Å². The van der Waals surface area contributed by atoms with Gasteiger partial charge < -0.3 is 19.6 Å². The number of benzene rings is 1. The number of nitrogens with two attached hydrogens (primary N) is 1. The number of anilines is 1. The molecule has 2 rings (SSSR count). The van der Waals surface area contributed by atoms with Gasteiger partial charge in [-0.05, 0) is 38.0 Å². The average Bonchev–Trinajstić information content (AvgIpc) is 3.01. The van der Waals surface area contributed by atoms with Gasteiger partial charge in [-0.1, -0.05) is 24.3 Å². The number of carbonyl (C=O) groups excluding carboxylic acids is 4. The second-order valence-corrected chi connectivity index (χ2v) is 6.17. The van der Waals surface area contributed by atoms with E-state index in [1.165, 1.54) is 13.0 Å². The molecular formula is C21H22N2O7. The molecular weight excluding hydrogens is 392 g/mol. The van der Waals surface area contributed by atoms with Crippen molar-refractivity contribution in [2.45, 2.75) is 20.8 Å². The lowest BCUT2D eigenvalue weighted by molar-refractivity contribution is -0.142. The number of furan rings is 1. The molecule has 9 nitrogen and oxygen atoms in total. The van der Waals surface area contributed by atoms with Crippen LogP contribution >= 0.6 is 0 Å². The summed E-state index contributed by atoms with van der Waals surface area (Å²) in [5.74, 6) is -3.56. The molecule has 9 heteroatoms. The molecule has 0 unspecified atom stereocenters. The fraction of sp³-hybridized carbons (Fsp3) is 0.238. The molecule has 0 aliphatic heterocycles. The summed E-state index contributed by atoms with van der Waals surface area (Å²) in [5, 5.41) is 2.27. The monoisotopic (exact) mass is 414 g/mol. The first kappa shape index (κ1) is 22.4. The summed E-state index contributed by atoms with van der Waals surface area (Å²) in [4.78, 5) is 47.7. The predicted molar refractivity (Wildman–Crippen MR) is 108 cm³/mol. The number of ether oxygens (including phenoxy) is 2. The van der Waals surface area contributed by atoms with Crippen LogP contribution in [-0.2, 0) is 19.1 Å². The van der Waals surface area contributed by atoms with E-state index in [2.05, 4.69) is 5.32 Å². The van der Waals surface area contributed by atoms with Crippen LogP contribution in [0.1, 0.15) is 44.5 Å². The van der Waals surface area contributed by atoms with E-state index >= 15 is 0 Å². The largest absolute Gasteiger partial charge is 0.462 e.